The average molecular weight is 318 g/mol. The zero-order chi connectivity index (χ0) is 16.2. The number of amides is 1. The fraction of sp³-hybridized carbons (Fsp3) is 0.611. The van der Waals surface area contributed by atoms with Gasteiger partial charge in [-0.05, 0) is 30.0 Å². The van der Waals surface area contributed by atoms with E-state index >= 15 is 0 Å². The monoisotopic (exact) mass is 318 g/mol. The molecule has 3 atom stereocenters. The highest BCUT2D eigenvalue weighted by molar-refractivity contribution is 5.81. The molecule has 1 aromatic rings. The largest absolute Gasteiger partial charge is 0.497 e. The molecule has 1 saturated heterocycles. The van der Waals surface area contributed by atoms with Crippen molar-refractivity contribution in [2.45, 2.75) is 19.4 Å². The molecule has 1 aromatic carbocycles. The molecule has 2 aliphatic rings. The number of morpholine rings is 1. The summed E-state index contributed by atoms with van der Waals surface area (Å²) in [5.41, 5.74) is 1.21. The van der Waals surface area contributed by atoms with Crippen LogP contribution in [-0.4, -0.2) is 50.8 Å². The van der Waals surface area contributed by atoms with Crippen molar-refractivity contribution in [2.24, 2.45) is 11.8 Å². The summed E-state index contributed by atoms with van der Waals surface area (Å²) in [6.45, 7) is 6.07. The average Bonchev–Trinajstić information content (AvgIpc) is 3.33. The minimum Gasteiger partial charge on any atom is -0.497 e. The molecule has 1 N–H and O–H groups in total. The molecular weight excluding hydrogens is 292 g/mol. The van der Waals surface area contributed by atoms with E-state index in [-0.39, 0.29) is 17.9 Å². The molecule has 3 rings (SSSR count). The van der Waals surface area contributed by atoms with E-state index in [4.69, 9.17) is 9.47 Å². The third kappa shape index (κ3) is 4.03. The highest BCUT2D eigenvalue weighted by Crippen LogP contribution is 2.37. The lowest BCUT2D eigenvalue weighted by atomic mass is 10.0. The number of ether oxygens (including phenoxy) is 2. The molecule has 0 spiro atoms. The third-order valence-electron chi connectivity index (χ3n) is 4.90. The van der Waals surface area contributed by atoms with Gasteiger partial charge in [0.25, 0.3) is 0 Å². The van der Waals surface area contributed by atoms with Crippen LogP contribution in [0.3, 0.4) is 0 Å². The molecule has 1 saturated carbocycles. The maximum absolute atomic E-state index is 12.2. The SMILES string of the molecule is COc1ccc([C@H](CNC(=O)[C@@H]2C[C@@H]2C)N2CCOCC2)cc1. The van der Waals surface area contributed by atoms with E-state index in [1.165, 1.54) is 5.56 Å². The summed E-state index contributed by atoms with van der Waals surface area (Å²) in [6.07, 6.45) is 1.02. The van der Waals surface area contributed by atoms with Gasteiger partial charge in [-0.1, -0.05) is 19.1 Å². The van der Waals surface area contributed by atoms with Gasteiger partial charge in [-0.15, -0.1) is 0 Å². The zero-order valence-electron chi connectivity index (χ0n) is 14.0. The van der Waals surface area contributed by atoms with Crippen molar-refractivity contribution in [3.63, 3.8) is 0 Å². The summed E-state index contributed by atoms with van der Waals surface area (Å²) in [4.78, 5) is 14.6. The molecular formula is C18H26N2O3. The van der Waals surface area contributed by atoms with Gasteiger partial charge in [0.15, 0.2) is 0 Å². The van der Waals surface area contributed by atoms with Crippen LogP contribution in [0.4, 0.5) is 0 Å². The molecule has 2 fully saturated rings. The Labute approximate surface area is 137 Å². The molecule has 1 heterocycles. The summed E-state index contributed by atoms with van der Waals surface area (Å²) in [5, 5.41) is 3.15. The van der Waals surface area contributed by atoms with Crippen LogP contribution in [0.2, 0.25) is 0 Å². The molecule has 23 heavy (non-hydrogen) atoms. The van der Waals surface area contributed by atoms with Crippen molar-refractivity contribution >= 4 is 5.91 Å². The second-order valence-corrected chi connectivity index (χ2v) is 6.50. The number of rotatable bonds is 6. The highest BCUT2D eigenvalue weighted by atomic mass is 16.5. The van der Waals surface area contributed by atoms with Crippen molar-refractivity contribution in [1.29, 1.82) is 0 Å². The van der Waals surface area contributed by atoms with Gasteiger partial charge >= 0.3 is 0 Å². The van der Waals surface area contributed by atoms with Crippen LogP contribution in [0.5, 0.6) is 5.75 Å². The number of hydrogen-bond donors (Lipinski definition) is 1. The first-order valence-corrected chi connectivity index (χ1v) is 8.42. The molecule has 1 aliphatic heterocycles. The lowest BCUT2D eigenvalue weighted by molar-refractivity contribution is -0.122. The minimum absolute atomic E-state index is 0.183. The van der Waals surface area contributed by atoms with Crippen LogP contribution < -0.4 is 10.1 Å². The Hall–Kier alpha value is -1.59. The van der Waals surface area contributed by atoms with Crippen LogP contribution in [0.25, 0.3) is 0 Å². The Morgan fingerprint density at radius 2 is 2.00 bits per heavy atom. The van der Waals surface area contributed by atoms with Crippen LogP contribution in [0.15, 0.2) is 24.3 Å². The molecule has 1 amide bonds. The maximum atomic E-state index is 12.2. The van der Waals surface area contributed by atoms with Gasteiger partial charge in [-0.3, -0.25) is 9.69 Å². The van der Waals surface area contributed by atoms with Crippen LogP contribution in [0, 0.1) is 11.8 Å². The van der Waals surface area contributed by atoms with Gasteiger partial charge in [0.1, 0.15) is 5.75 Å². The third-order valence-corrected chi connectivity index (χ3v) is 4.90. The molecule has 126 valence electrons. The zero-order valence-corrected chi connectivity index (χ0v) is 14.0. The highest BCUT2D eigenvalue weighted by Gasteiger charge is 2.39. The standard InChI is InChI=1S/C18H26N2O3/c1-13-11-16(13)18(21)19-12-17(20-7-9-23-10-8-20)14-3-5-15(22-2)6-4-14/h3-6,13,16-17H,7-12H2,1-2H3,(H,19,21)/t13-,16+,17-/m0/s1. The van der Waals surface area contributed by atoms with Crippen LogP contribution in [-0.2, 0) is 9.53 Å². The van der Waals surface area contributed by atoms with E-state index in [1.54, 1.807) is 7.11 Å². The van der Waals surface area contributed by atoms with Gasteiger partial charge in [0, 0.05) is 25.6 Å². The molecule has 5 nitrogen and oxygen atoms in total. The molecule has 0 bridgehead atoms. The number of nitrogens with one attached hydrogen (secondary N) is 1. The van der Waals surface area contributed by atoms with Crippen molar-refractivity contribution in [2.75, 3.05) is 40.0 Å². The first-order valence-electron chi connectivity index (χ1n) is 8.42. The van der Waals surface area contributed by atoms with Crippen molar-refractivity contribution in [3.8, 4) is 5.75 Å². The predicted molar refractivity (Wildman–Crippen MR) is 88.4 cm³/mol. The van der Waals surface area contributed by atoms with Crippen LogP contribution >= 0.6 is 0 Å². The lowest BCUT2D eigenvalue weighted by Gasteiger charge is -2.35. The summed E-state index contributed by atoms with van der Waals surface area (Å²) in [7, 11) is 1.67. The Morgan fingerprint density at radius 1 is 1.35 bits per heavy atom. The molecule has 5 heteroatoms. The predicted octanol–water partition coefficient (Wildman–Crippen LogP) is 1.84. The first-order chi connectivity index (χ1) is 11.2. The van der Waals surface area contributed by atoms with E-state index in [0.717, 1.165) is 38.5 Å². The van der Waals surface area contributed by atoms with E-state index in [2.05, 4.69) is 29.3 Å². The Kier molecular flexibility index (Phi) is 5.18. The maximum Gasteiger partial charge on any atom is 0.223 e. The Bertz CT molecular complexity index is 526. The normalized spacial score (nSPS) is 25.7. The van der Waals surface area contributed by atoms with E-state index < -0.39 is 0 Å². The Balaban J connectivity index is 1.68. The quantitative estimate of drug-likeness (QED) is 0.869. The van der Waals surface area contributed by atoms with Gasteiger partial charge in [0.05, 0.1) is 26.4 Å². The Morgan fingerprint density at radius 3 is 2.57 bits per heavy atom. The van der Waals surface area contributed by atoms with Gasteiger partial charge in [-0.25, -0.2) is 0 Å². The first kappa shape index (κ1) is 16.3. The van der Waals surface area contributed by atoms with E-state index in [0.29, 0.717) is 12.5 Å². The van der Waals surface area contributed by atoms with Crippen molar-refractivity contribution in [1.82, 2.24) is 10.2 Å². The molecule has 1 aliphatic carbocycles. The van der Waals surface area contributed by atoms with Crippen molar-refractivity contribution < 1.29 is 14.3 Å². The van der Waals surface area contributed by atoms with Crippen LogP contribution in [0.1, 0.15) is 24.9 Å². The van der Waals surface area contributed by atoms with E-state index in [9.17, 15) is 4.79 Å². The second kappa shape index (κ2) is 7.32. The molecule has 0 aromatic heterocycles. The number of benzene rings is 1. The van der Waals surface area contributed by atoms with Gasteiger partial charge in [0.2, 0.25) is 5.91 Å². The number of methoxy groups -OCH3 is 1. The van der Waals surface area contributed by atoms with Gasteiger partial charge in [-0.2, -0.15) is 0 Å². The minimum atomic E-state index is 0.183. The summed E-state index contributed by atoms with van der Waals surface area (Å²) < 4.78 is 10.7. The summed E-state index contributed by atoms with van der Waals surface area (Å²) in [6, 6.07) is 8.32. The van der Waals surface area contributed by atoms with Crippen molar-refractivity contribution in [3.05, 3.63) is 29.8 Å². The second-order valence-electron chi connectivity index (χ2n) is 6.50. The molecule has 0 unspecified atom stereocenters. The van der Waals surface area contributed by atoms with Gasteiger partial charge < -0.3 is 14.8 Å². The van der Waals surface area contributed by atoms with E-state index in [1.807, 2.05) is 12.1 Å². The lowest BCUT2D eigenvalue weighted by Crippen LogP contribution is -2.44. The smallest absolute Gasteiger partial charge is 0.223 e. The fourth-order valence-corrected chi connectivity index (χ4v) is 3.19. The summed E-state index contributed by atoms with van der Waals surface area (Å²) >= 11 is 0. The number of hydrogen-bond acceptors (Lipinski definition) is 4. The fourth-order valence-electron chi connectivity index (χ4n) is 3.19. The number of nitrogens with zero attached hydrogens (tertiary/aromatic N) is 1. The number of carbonyl (C=O) groups excluding carboxylic acids is 1. The molecule has 0 radical (unpaired) electrons. The topological polar surface area (TPSA) is 50.8 Å². The number of carbonyl (C=O) groups is 1. The summed E-state index contributed by atoms with van der Waals surface area (Å²) in [5.74, 6) is 1.81.